The van der Waals surface area contributed by atoms with Gasteiger partial charge in [-0.15, -0.1) is 0 Å². The van der Waals surface area contributed by atoms with Crippen LogP contribution in [0.3, 0.4) is 0 Å². The number of halogens is 1. The fraction of sp³-hybridized carbons (Fsp3) is 0.571. The maximum absolute atomic E-state index is 14.3. The minimum absolute atomic E-state index is 0.0127. The highest BCUT2D eigenvalue weighted by Crippen LogP contribution is 2.33. The van der Waals surface area contributed by atoms with Crippen molar-refractivity contribution in [1.29, 1.82) is 0 Å². The summed E-state index contributed by atoms with van der Waals surface area (Å²) >= 11 is 0. The van der Waals surface area contributed by atoms with Crippen molar-refractivity contribution in [3.05, 3.63) is 16.7 Å². The SMILES string of the molecule is CC(C)C(=O)Nc1nc2c(ncn2C2OC(CO)C(O)[C@@H]2F)c(=O)[nH]1. The number of ether oxygens (including phenoxy) is 1. The van der Waals surface area contributed by atoms with E-state index in [0.29, 0.717) is 0 Å². The molecule has 0 bridgehead atoms. The van der Waals surface area contributed by atoms with Crippen LogP contribution in [-0.2, 0) is 9.53 Å². The lowest BCUT2D eigenvalue weighted by Gasteiger charge is -2.15. The number of hydrogen-bond acceptors (Lipinski definition) is 7. The van der Waals surface area contributed by atoms with Gasteiger partial charge in [-0.1, -0.05) is 13.8 Å². The summed E-state index contributed by atoms with van der Waals surface area (Å²) < 4.78 is 20.8. The van der Waals surface area contributed by atoms with E-state index in [4.69, 9.17) is 9.84 Å². The van der Waals surface area contributed by atoms with E-state index < -0.39 is 36.8 Å². The Morgan fingerprint density at radius 1 is 1.56 bits per heavy atom. The average molecular weight is 355 g/mol. The lowest BCUT2D eigenvalue weighted by Crippen LogP contribution is -2.30. The fourth-order valence-electron chi connectivity index (χ4n) is 2.51. The first-order valence-electron chi connectivity index (χ1n) is 7.69. The molecule has 1 aliphatic rings. The molecule has 3 rings (SSSR count). The van der Waals surface area contributed by atoms with Crippen LogP contribution < -0.4 is 10.9 Å². The van der Waals surface area contributed by atoms with Gasteiger partial charge in [-0.2, -0.15) is 4.98 Å². The first-order chi connectivity index (χ1) is 11.8. The number of aromatic amines is 1. The molecule has 3 unspecified atom stereocenters. The number of H-pyrrole nitrogens is 1. The lowest BCUT2D eigenvalue weighted by molar-refractivity contribution is -0.118. The fourth-order valence-corrected chi connectivity index (χ4v) is 2.51. The second kappa shape index (κ2) is 6.50. The highest BCUT2D eigenvalue weighted by molar-refractivity contribution is 5.91. The van der Waals surface area contributed by atoms with Crippen molar-refractivity contribution in [3.8, 4) is 0 Å². The molecule has 1 aliphatic heterocycles. The number of imidazole rings is 1. The van der Waals surface area contributed by atoms with Gasteiger partial charge < -0.3 is 14.9 Å². The molecule has 1 fully saturated rings. The van der Waals surface area contributed by atoms with Crippen LogP contribution in [0.15, 0.2) is 11.1 Å². The number of nitrogens with zero attached hydrogens (tertiary/aromatic N) is 3. The van der Waals surface area contributed by atoms with Crippen molar-refractivity contribution in [1.82, 2.24) is 19.5 Å². The van der Waals surface area contributed by atoms with Crippen molar-refractivity contribution in [3.63, 3.8) is 0 Å². The Morgan fingerprint density at radius 3 is 2.88 bits per heavy atom. The number of aromatic nitrogens is 4. The number of aliphatic hydroxyl groups excluding tert-OH is 2. The van der Waals surface area contributed by atoms with Crippen LogP contribution in [0.1, 0.15) is 20.1 Å². The zero-order valence-corrected chi connectivity index (χ0v) is 13.5. The molecule has 0 spiro atoms. The van der Waals surface area contributed by atoms with Crippen LogP contribution in [0.2, 0.25) is 0 Å². The molecule has 1 amide bonds. The zero-order valence-electron chi connectivity index (χ0n) is 13.5. The van der Waals surface area contributed by atoms with Crippen LogP contribution in [-0.4, -0.2) is 60.6 Å². The topological polar surface area (TPSA) is 142 Å². The van der Waals surface area contributed by atoms with E-state index in [1.54, 1.807) is 13.8 Å². The van der Waals surface area contributed by atoms with Crippen molar-refractivity contribution in [2.75, 3.05) is 11.9 Å². The summed E-state index contributed by atoms with van der Waals surface area (Å²) in [5, 5.41) is 21.3. The number of anilines is 1. The van der Waals surface area contributed by atoms with Crippen LogP contribution >= 0.6 is 0 Å². The second-order valence-corrected chi connectivity index (χ2v) is 6.07. The summed E-state index contributed by atoms with van der Waals surface area (Å²) in [4.78, 5) is 34.2. The van der Waals surface area contributed by atoms with Crippen molar-refractivity contribution < 1.29 is 24.1 Å². The molecule has 0 aliphatic carbocycles. The van der Waals surface area contributed by atoms with Crippen molar-refractivity contribution in [2.45, 2.75) is 38.5 Å². The highest BCUT2D eigenvalue weighted by Gasteiger charge is 2.45. The molecule has 0 radical (unpaired) electrons. The Balaban J connectivity index is 2.01. The summed E-state index contributed by atoms with van der Waals surface area (Å²) in [6, 6.07) is 0. The predicted molar refractivity (Wildman–Crippen MR) is 83.5 cm³/mol. The number of aliphatic hydroxyl groups is 2. The Morgan fingerprint density at radius 2 is 2.28 bits per heavy atom. The quantitative estimate of drug-likeness (QED) is 0.568. The number of alkyl halides is 1. The van der Waals surface area contributed by atoms with E-state index in [1.165, 1.54) is 0 Å². The van der Waals surface area contributed by atoms with Gasteiger partial charge in [-0.25, -0.2) is 9.37 Å². The summed E-state index contributed by atoms with van der Waals surface area (Å²) in [5.74, 6) is -0.796. The van der Waals surface area contributed by atoms with Crippen LogP contribution in [0.5, 0.6) is 0 Å². The number of amides is 1. The summed E-state index contributed by atoms with van der Waals surface area (Å²) in [5.41, 5.74) is -0.697. The monoisotopic (exact) mass is 355 g/mol. The number of carbonyl (C=O) groups excluding carboxylic acids is 1. The Labute approximate surface area is 140 Å². The number of fused-ring (bicyclic) bond motifs is 1. The summed E-state index contributed by atoms with van der Waals surface area (Å²) in [6.45, 7) is 2.79. The van der Waals surface area contributed by atoms with E-state index in [-0.39, 0.29) is 28.9 Å². The van der Waals surface area contributed by atoms with Gasteiger partial charge >= 0.3 is 0 Å². The summed E-state index contributed by atoms with van der Waals surface area (Å²) in [7, 11) is 0. The van der Waals surface area contributed by atoms with Gasteiger partial charge in [0.2, 0.25) is 11.9 Å². The first-order valence-corrected chi connectivity index (χ1v) is 7.69. The largest absolute Gasteiger partial charge is 0.394 e. The first kappa shape index (κ1) is 17.5. The standard InChI is InChI=1S/C14H18FN5O5/c1-5(2)11(23)18-14-17-10-8(12(24)19-14)16-4-20(10)13-7(15)9(22)6(3-21)25-13/h4-7,9,13,21-22H,3H2,1-2H3,(H2,17,18,19,23,24)/t6?,7-,9?,13?/m0/s1. The maximum atomic E-state index is 14.3. The van der Waals surface area contributed by atoms with Gasteiger partial charge in [0, 0.05) is 5.92 Å². The molecule has 4 N–H and O–H groups in total. The van der Waals surface area contributed by atoms with E-state index >= 15 is 0 Å². The molecule has 2 aromatic rings. The zero-order chi connectivity index (χ0) is 18.3. The number of carbonyl (C=O) groups is 1. The molecule has 136 valence electrons. The third kappa shape index (κ3) is 3.01. The molecular formula is C14H18FN5O5. The average Bonchev–Trinajstić information content (AvgIpc) is 3.10. The number of rotatable bonds is 4. The van der Waals surface area contributed by atoms with Gasteiger partial charge in [0.05, 0.1) is 12.9 Å². The molecule has 25 heavy (non-hydrogen) atoms. The third-order valence-corrected chi connectivity index (χ3v) is 3.95. The lowest BCUT2D eigenvalue weighted by atomic mass is 10.1. The van der Waals surface area contributed by atoms with E-state index in [2.05, 4.69) is 20.3 Å². The third-order valence-electron chi connectivity index (χ3n) is 3.95. The Hall–Kier alpha value is -2.37. The summed E-state index contributed by atoms with van der Waals surface area (Å²) in [6.07, 6.45) is -4.61. The minimum atomic E-state index is -1.84. The number of hydrogen-bond donors (Lipinski definition) is 4. The second-order valence-electron chi connectivity index (χ2n) is 6.07. The van der Waals surface area contributed by atoms with Crippen LogP contribution in [0.4, 0.5) is 10.3 Å². The van der Waals surface area contributed by atoms with Gasteiger partial charge in [0.25, 0.3) is 5.56 Å². The molecule has 3 heterocycles. The van der Waals surface area contributed by atoms with Gasteiger partial charge in [0.1, 0.15) is 12.2 Å². The molecule has 11 heteroatoms. The van der Waals surface area contributed by atoms with E-state index in [9.17, 15) is 19.1 Å². The smallest absolute Gasteiger partial charge is 0.280 e. The Kier molecular flexibility index (Phi) is 4.54. The molecule has 4 atom stereocenters. The minimum Gasteiger partial charge on any atom is -0.394 e. The molecule has 10 nitrogen and oxygen atoms in total. The van der Waals surface area contributed by atoms with Gasteiger partial charge in [-0.05, 0) is 0 Å². The molecule has 1 saturated heterocycles. The van der Waals surface area contributed by atoms with E-state index in [0.717, 1.165) is 10.9 Å². The van der Waals surface area contributed by atoms with Gasteiger partial charge in [0.15, 0.2) is 23.6 Å². The van der Waals surface area contributed by atoms with Crippen LogP contribution in [0.25, 0.3) is 11.2 Å². The molecular weight excluding hydrogens is 337 g/mol. The van der Waals surface area contributed by atoms with Crippen molar-refractivity contribution >= 4 is 23.0 Å². The highest BCUT2D eigenvalue weighted by atomic mass is 19.1. The molecule has 2 aromatic heterocycles. The van der Waals surface area contributed by atoms with Crippen LogP contribution in [0, 0.1) is 5.92 Å². The van der Waals surface area contributed by atoms with Crippen molar-refractivity contribution in [2.24, 2.45) is 5.92 Å². The molecule has 0 saturated carbocycles. The predicted octanol–water partition coefficient (Wildman–Crippen LogP) is -0.697. The maximum Gasteiger partial charge on any atom is 0.280 e. The number of nitrogens with one attached hydrogen (secondary N) is 2. The van der Waals surface area contributed by atoms with E-state index in [1.807, 2.05) is 0 Å². The normalized spacial score (nSPS) is 26.5. The molecule has 0 aromatic carbocycles. The Bertz CT molecular complexity index is 850. The van der Waals surface area contributed by atoms with Gasteiger partial charge in [-0.3, -0.25) is 24.5 Å².